The monoisotopic (exact) mass is 422 g/mol. The Morgan fingerprint density at radius 2 is 1.66 bits per heavy atom. The molecular weight excluding hydrogens is 407 g/mol. The summed E-state index contributed by atoms with van der Waals surface area (Å²) in [6, 6.07) is 22.0. The molecule has 144 valence electrons. The van der Waals surface area contributed by atoms with Crippen molar-refractivity contribution in [2.75, 3.05) is 5.32 Å². The number of nitrogens with one attached hydrogen (secondary N) is 1. The van der Waals surface area contributed by atoms with Crippen LogP contribution in [-0.4, -0.2) is 20.7 Å². The number of halogens is 2. The van der Waals surface area contributed by atoms with Crippen LogP contribution in [0.1, 0.15) is 16.2 Å². The van der Waals surface area contributed by atoms with E-state index in [1.807, 2.05) is 43.3 Å². The summed E-state index contributed by atoms with van der Waals surface area (Å²) in [7, 11) is 0. The fourth-order valence-corrected chi connectivity index (χ4v) is 3.13. The average Bonchev–Trinajstić information content (AvgIpc) is 3.15. The Morgan fingerprint density at radius 1 is 0.931 bits per heavy atom. The molecule has 0 aliphatic heterocycles. The van der Waals surface area contributed by atoms with Crippen LogP contribution < -0.4 is 5.32 Å². The molecule has 1 N–H and O–H groups in total. The zero-order chi connectivity index (χ0) is 20.4. The fourth-order valence-electron chi connectivity index (χ4n) is 2.81. The molecule has 1 amide bonds. The van der Waals surface area contributed by atoms with Crippen LogP contribution in [0.5, 0.6) is 0 Å². The molecule has 3 aromatic carbocycles. The second-order valence-electron chi connectivity index (χ2n) is 6.48. The molecule has 4 rings (SSSR count). The lowest BCUT2D eigenvalue weighted by Crippen LogP contribution is -2.14. The van der Waals surface area contributed by atoms with Gasteiger partial charge in [-0.25, -0.2) is 9.67 Å². The van der Waals surface area contributed by atoms with Crippen LogP contribution >= 0.6 is 23.2 Å². The van der Waals surface area contributed by atoms with Crippen LogP contribution in [0, 0.1) is 6.92 Å². The van der Waals surface area contributed by atoms with Gasteiger partial charge in [-0.15, -0.1) is 5.10 Å². The van der Waals surface area contributed by atoms with Crippen molar-refractivity contribution >= 4 is 34.8 Å². The van der Waals surface area contributed by atoms with Crippen LogP contribution in [0.15, 0.2) is 72.8 Å². The van der Waals surface area contributed by atoms with Crippen molar-refractivity contribution in [3.63, 3.8) is 0 Å². The Bertz CT molecular complexity index is 1110. The molecule has 0 aliphatic rings. The highest BCUT2D eigenvalue weighted by atomic mass is 35.5. The molecule has 0 spiro atoms. The first-order valence-corrected chi connectivity index (χ1v) is 9.62. The third kappa shape index (κ3) is 4.31. The molecule has 0 saturated carbocycles. The van der Waals surface area contributed by atoms with Crippen molar-refractivity contribution in [3.05, 3.63) is 94.2 Å². The Hall–Kier alpha value is -3.15. The van der Waals surface area contributed by atoms with Gasteiger partial charge < -0.3 is 5.32 Å². The lowest BCUT2D eigenvalue weighted by atomic mass is 10.1. The highest BCUT2D eigenvalue weighted by Crippen LogP contribution is 2.23. The summed E-state index contributed by atoms with van der Waals surface area (Å²) in [6.07, 6.45) is 0. The summed E-state index contributed by atoms with van der Waals surface area (Å²) in [5.74, 6) is 0.187. The first-order valence-electron chi connectivity index (χ1n) is 8.86. The maximum Gasteiger partial charge on any atom is 0.295 e. The predicted molar refractivity (Wildman–Crippen MR) is 116 cm³/mol. The first kappa shape index (κ1) is 19.2. The summed E-state index contributed by atoms with van der Waals surface area (Å²) in [5.41, 5.74) is 3.30. The summed E-state index contributed by atoms with van der Waals surface area (Å²) in [5, 5.41) is 8.37. The zero-order valence-electron chi connectivity index (χ0n) is 15.4. The van der Waals surface area contributed by atoms with Crippen molar-refractivity contribution in [3.8, 4) is 17.1 Å². The number of amides is 1. The maximum atomic E-state index is 12.7. The third-order valence-corrected chi connectivity index (χ3v) is 4.76. The normalized spacial score (nSPS) is 10.7. The van der Waals surface area contributed by atoms with E-state index in [9.17, 15) is 4.79 Å². The van der Waals surface area contributed by atoms with E-state index in [2.05, 4.69) is 15.4 Å². The van der Waals surface area contributed by atoms with Gasteiger partial charge in [0.05, 0.1) is 5.69 Å². The quantitative estimate of drug-likeness (QED) is 0.451. The van der Waals surface area contributed by atoms with E-state index in [1.54, 1.807) is 41.1 Å². The van der Waals surface area contributed by atoms with Crippen LogP contribution in [-0.2, 0) is 0 Å². The van der Waals surface area contributed by atoms with E-state index < -0.39 is 5.91 Å². The highest BCUT2D eigenvalue weighted by molar-refractivity contribution is 6.31. The lowest BCUT2D eigenvalue weighted by Gasteiger charge is -2.06. The number of nitrogens with zero attached hydrogens (tertiary/aromatic N) is 3. The molecule has 0 unspecified atom stereocenters. The Labute approximate surface area is 177 Å². The molecule has 0 atom stereocenters. The molecule has 0 bridgehead atoms. The van der Waals surface area contributed by atoms with Gasteiger partial charge in [0.15, 0.2) is 5.82 Å². The Balaban J connectivity index is 1.75. The molecule has 4 aromatic rings. The van der Waals surface area contributed by atoms with Gasteiger partial charge in [0.2, 0.25) is 5.82 Å². The second-order valence-corrected chi connectivity index (χ2v) is 7.35. The molecule has 0 radical (unpaired) electrons. The van der Waals surface area contributed by atoms with Gasteiger partial charge in [-0.1, -0.05) is 59.1 Å². The number of anilines is 1. The number of benzene rings is 3. The van der Waals surface area contributed by atoms with Gasteiger partial charge in [-0.2, -0.15) is 0 Å². The van der Waals surface area contributed by atoms with Crippen molar-refractivity contribution in [2.45, 2.75) is 6.92 Å². The second kappa shape index (κ2) is 8.07. The van der Waals surface area contributed by atoms with E-state index in [1.165, 1.54) is 0 Å². The van der Waals surface area contributed by atoms with Gasteiger partial charge in [0.1, 0.15) is 0 Å². The molecule has 1 heterocycles. The average molecular weight is 423 g/mol. The van der Waals surface area contributed by atoms with E-state index in [4.69, 9.17) is 23.2 Å². The minimum atomic E-state index is -0.423. The molecular formula is C22H16Cl2N4O. The van der Waals surface area contributed by atoms with Crippen molar-refractivity contribution in [1.29, 1.82) is 0 Å². The zero-order valence-corrected chi connectivity index (χ0v) is 16.9. The SMILES string of the molecule is Cc1ccc(-c2nc(C(=O)Nc3cccc(Cl)c3)nn2-c2ccc(Cl)cc2)cc1. The highest BCUT2D eigenvalue weighted by Gasteiger charge is 2.19. The van der Waals surface area contributed by atoms with E-state index in [0.29, 0.717) is 21.6 Å². The Kier molecular flexibility index (Phi) is 5.34. The van der Waals surface area contributed by atoms with E-state index in [-0.39, 0.29) is 5.82 Å². The molecule has 0 saturated heterocycles. The molecule has 29 heavy (non-hydrogen) atoms. The summed E-state index contributed by atoms with van der Waals surface area (Å²) in [6.45, 7) is 2.01. The Morgan fingerprint density at radius 3 is 2.34 bits per heavy atom. The summed E-state index contributed by atoms with van der Waals surface area (Å²) in [4.78, 5) is 17.2. The van der Waals surface area contributed by atoms with Crippen molar-refractivity contribution in [1.82, 2.24) is 14.8 Å². The third-order valence-electron chi connectivity index (χ3n) is 4.27. The number of rotatable bonds is 4. The standard InChI is InChI=1S/C22H16Cl2N4O/c1-14-5-7-15(8-6-14)21-26-20(22(29)25-18-4-2-3-17(24)13-18)27-28(21)19-11-9-16(23)10-12-19/h2-13H,1H3,(H,25,29). The van der Waals surface area contributed by atoms with Gasteiger partial charge in [0.25, 0.3) is 5.91 Å². The largest absolute Gasteiger partial charge is 0.319 e. The molecule has 7 heteroatoms. The molecule has 0 fully saturated rings. The predicted octanol–water partition coefficient (Wildman–Crippen LogP) is 5.80. The number of hydrogen-bond acceptors (Lipinski definition) is 3. The molecule has 1 aromatic heterocycles. The minimum Gasteiger partial charge on any atom is -0.319 e. The lowest BCUT2D eigenvalue weighted by molar-refractivity contribution is 0.101. The minimum absolute atomic E-state index is 0.0514. The first-order chi connectivity index (χ1) is 14.0. The number of hydrogen-bond donors (Lipinski definition) is 1. The number of aryl methyl sites for hydroxylation is 1. The maximum absolute atomic E-state index is 12.7. The van der Waals surface area contributed by atoms with Gasteiger partial charge in [-0.05, 0) is 49.4 Å². The number of carbonyl (C=O) groups excluding carboxylic acids is 1. The topological polar surface area (TPSA) is 59.8 Å². The summed E-state index contributed by atoms with van der Waals surface area (Å²) < 4.78 is 1.63. The van der Waals surface area contributed by atoms with Crippen molar-refractivity contribution < 1.29 is 4.79 Å². The summed E-state index contributed by atoms with van der Waals surface area (Å²) >= 11 is 12.0. The van der Waals surface area contributed by atoms with Crippen molar-refractivity contribution in [2.24, 2.45) is 0 Å². The number of carbonyl (C=O) groups is 1. The van der Waals surface area contributed by atoms with Gasteiger partial charge in [0, 0.05) is 21.3 Å². The fraction of sp³-hybridized carbons (Fsp3) is 0.0455. The van der Waals surface area contributed by atoms with Crippen LogP contribution in [0.4, 0.5) is 5.69 Å². The van der Waals surface area contributed by atoms with E-state index >= 15 is 0 Å². The van der Waals surface area contributed by atoms with E-state index in [0.717, 1.165) is 16.8 Å². The smallest absolute Gasteiger partial charge is 0.295 e. The van der Waals surface area contributed by atoms with Gasteiger partial charge >= 0.3 is 0 Å². The van der Waals surface area contributed by atoms with Gasteiger partial charge in [-0.3, -0.25) is 4.79 Å². The molecule has 5 nitrogen and oxygen atoms in total. The molecule has 0 aliphatic carbocycles. The van der Waals surface area contributed by atoms with Crippen LogP contribution in [0.3, 0.4) is 0 Å². The van der Waals surface area contributed by atoms with Crippen LogP contribution in [0.2, 0.25) is 10.0 Å². The number of aromatic nitrogens is 3. The van der Waals surface area contributed by atoms with Crippen LogP contribution in [0.25, 0.3) is 17.1 Å².